The van der Waals surface area contributed by atoms with Gasteiger partial charge in [-0.1, -0.05) is 0 Å². The number of amides is 2. The van der Waals surface area contributed by atoms with Crippen molar-refractivity contribution in [2.45, 2.75) is 12.8 Å². The number of piperidine rings is 1. The molecular formula is C8H15N3O2. The van der Waals surface area contributed by atoms with Gasteiger partial charge in [-0.05, 0) is 25.3 Å². The Morgan fingerprint density at radius 1 is 1.46 bits per heavy atom. The van der Waals surface area contributed by atoms with Gasteiger partial charge in [0, 0.05) is 13.1 Å². The Labute approximate surface area is 77.1 Å². The molecule has 0 aromatic heterocycles. The van der Waals surface area contributed by atoms with Gasteiger partial charge in [0.2, 0.25) is 0 Å². The summed E-state index contributed by atoms with van der Waals surface area (Å²) in [6.07, 6.45) is 1.93. The minimum absolute atomic E-state index is 0.317. The molecule has 0 spiro atoms. The van der Waals surface area contributed by atoms with Crippen LogP contribution in [0, 0.1) is 5.92 Å². The third kappa shape index (κ3) is 2.42. The van der Waals surface area contributed by atoms with E-state index in [0.29, 0.717) is 25.6 Å². The molecular weight excluding hydrogens is 170 g/mol. The summed E-state index contributed by atoms with van der Waals surface area (Å²) in [6, 6.07) is 0. The number of carbonyl (C=O) groups excluding carboxylic acids is 2. The van der Waals surface area contributed by atoms with E-state index in [1.807, 2.05) is 0 Å². The number of likely N-dealkylation sites (tertiary alicyclic amines) is 1. The highest BCUT2D eigenvalue weighted by Crippen LogP contribution is 2.14. The predicted molar refractivity (Wildman–Crippen MR) is 47.6 cm³/mol. The molecule has 1 rings (SSSR count). The van der Waals surface area contributed by atoms with Crippen molar-refractivity contribution in [2.24, 2.45) is 17.4 Å². The minimum Gasteiger partial charge on any atom is -0.361 e. The summed E-state index contributed by atoms with van der Waals surface area (Å²) in [7, 11) is 0. The number of hydrogen-bond acceptors (Lipinski definition) is 3. The van der Waals surface area contributed by atoms with Gasteiger partial charge in [-0.2, -0.15) is 0 Å². The van der Waals surface area contributed by atoms with Crippen LogP contribution in [0.5, 0.6) is 0 Å². The van der Waals surface area contributed by atoms with Crippen LogP contribution in [0.15, 0.2) is 0 Å². The van der Waals surface area contributed by atoms with Crippen molar-refractivity contribution in [3.63, 3.8) is 0 Å². The lowest BCUT2D eigenvalue weighted by atomic mass is 9.98. The molecule has 1 unspecified atom stereocenters. The van der Waals surface area contributed by atoms with E-state index in [-0.39, 0.29) is 0 Å². The fourth-order valence-electron chi connectivity index (χ4n) is 1.60. The predicted octanol–water partition coefficient (Wildman–Crippen LogP) is -1.33. The van der Waals surface area contributed by atoms with E-state index in [0.717, 1.165) is 12.8 Å². The van der Waals surface area contributed by atoms with E-state index in [4.69, 9.17) is 11.5 Å². The molecule has 1 atom stereocenters. The highest BCUT2D eigenvalue weighted by atomic mass is 16.2. The van der Waals surface area contributed by atoms with Gasteiger partial charge in [0.15, 0.2) is 0 Å². The summed E-state index contributed by atoms with van der Waals surface area (Å²) in [5.41, 5.74) is 10.4. The molecule has 2 amide bonds. The van der Waals surface area contributed by atoms with Crippen LogP contribution in [-0.2, 0) is 9.59 Å². The van der Waals surface area contributed by atoms with Gasteiger partial charge in [0.25, 0.3) is 0 Å². The molecule has 74 valence electrons. The smallest absolute Gasteiger partial charge is 0.311 e. The zero-order valence-electron chi connectivity index (χ0n) is 7.53. The fraction of sp³-hybridized carbons (Fsp3) is 0.750. The molecule has 0 aromatic rings. The molecule has 1 aliphatic heterocycles. The summed E-state index contributed by atoms with van der Waals surface area (Å²) < 4.78 is 0. The standard InChI is InChI=1S/C8H15N3O2/c9-4-6-2-1-3-11(5-6)8(13)7(10)12/h6H,1-5,9H2,(H2,10,12). The van der Waals surface area contributed by atoms with Crippen molar-refractivity contribution in [2.75, 3.05) is 19.6 Å². The Kier molecular flexibility index (Phi) is 3.25. The molecule has 0 radical (unpaired) electrons. The Bertz CT molecular complexity index is 217. The first-order valence-corrected chi connectivity index (χ1v) is 4.44. The van der Waals surface area contributed by atoms with Gasteiger partial charge in [0.05, 0.1) is 0 Å². The molecule has 5 heteroatoms. The van der Waals surface area contributed by atoms with E-state index >= 15 is 0 Å². The summed E-state index contributed by atoms with van der Waals surface area (Å²) in [4.78, 5) is 23.3. The third-order valence-corrected chi connectivity index (χ3v) is 2.35. The maximum Gasteiger partial charge on any atom is 0.311 e. The third-order valence-electron chi connectivity index (χ3n) is 2.35. The lowest BCUT2D eigenvalue weighted by Crippen LogP contribution is -2.46. The Morgan fingerprint density at radius 2 is 2.15 bits per heavy atom. The largest absolute Gasteiger partial charge is 0.361 e. The Hall–Kier alpha value is -1.10. The van der Waals surface area contributed by atoms with E-state index in [1.165, 1.54) is 4.90 Å². The van der Waals surface area contributed by atoms with Crippen molar-refractivity contribution >= 4 is 11.8 Å². The summed E-state index contributed by atoms with van der Waals surface area (Å²) in [6.45, 7) is 1.75. The van der Waals surface area contributed by atoms with E-state index < -0.39 is 11.8 Å². The first-order valence-electron chi connectivity index (χ1n) is 4.44. The van der Waals surface area contributed by atoms with E-state index in [2.05, 4.69) is 0 Å². The second-order valence-corrected chi connectivity index (χ2v) is 3.36. The van der Waals surface area contributed by atoms with Crippen LogP contribution in [0.3, 0.4) is 0 Å². The lowest BCUT2D eigenvalue weighted by Gasteiger charge is -2.31. The van der Waals surface area contributed by atoms with Gasteiger partial charge in [-0.3, -0.25) is 9.59 Å². The molecule has 0 aromatic carbocycles. The van der Waals surface area contributed by atoms with Gasteiger partial charge in [-0.15, -0.1) is 0 Å². The maximum atomic E-state index is 11.2. The molecule has 1 saturated heterocycles. The van der Waals surface area contributed by atoms with Crippen molar-refractivity contribution in [1.82, 2.24) is 4.90 Å². The summed E-state index contributed by atoms with van der Waals surface area (Å²) in [5, 5.41) is 0. The summed E-state index contributed by atoms with van der Waals surface area (Å²) >= 11 is 0. The van der Waals surface area contributed by atoms with Gasteiger partial charge in [0.1, 0.15) is 0 Å². The highest BCUT2D eigenvalue weighted by Gasteiger charge is 2.25. The van der Waals surface area contributed by atoms with Crippen LogP contribution >= 0.6 is 0 Å². The second kappa shape index (κ2) is 4.23. The van der Waals surface area contributed by atoms with Crippen LogP contribution < -0.4 is 11.5 Å². The molecule has 0 bridgehead atoms. The second-order valence-electron chi connectivity index (χ2n) is 3.36. The SMILES string of the molecule is NCC1CCCN(C(=O)C(N)=O)C1. The van der Waals surface area contributed by atoms with Crippen molar-refractivity contribution in [3.8, 4) is 0 Å². The fourth-order valence-corrected chi connectivity index (χ4v) is 1.60. The van der Waals surface area contributed by atoms with Crippen molar-refractivity contribution in [3.05, 3.63) is 0 Å². The molecule has 13 heavy (non-hydrogen) atoms. The van der Waals surface area contributed by atoms with Crippen LogP contribution in [-0.4, -0.2) is 36.3 Å². The van der Waals surface area contributed by atoms with Crippen LogP contribution in [0.25, 0.3) is 0 Å². The number of nitrogens with two attached hydrogens (primary N) is 2. The molecule has 1 aliphatic rings. The molecule has 4 N–H and O–H groups in total. The lowest BCUT2D eigenvalue weighted by molar-refractivity contribution is -0.145. The number of primary amides is 1. The van der Waals surface area contributed by atoms with Crippen LogP contribution in [0.1, 0.15) is 12.8 Å². The number of hydrogen-bond donors (Lipinski definition) is 2. The zero-order valence-corrected chi connectivity index (χ0v) is 7.53. The summed E-state index contributed by atoms with van der Waals surface area (Å²) in [5.74, 6) is -1.15. The quantitative estimate of drug-likeness (QED) is 0.496. The van der Waals surface area contributed by atoms with Gasteiger partial charge in [-0.25, -0.2) is 0 Å². The monoisotopic (exact) mass is 185 g/mol. The number of carbonyl (C=O) groups is 2. The first-order chi connectivity index (χ1) is 6.15. The average molecular weight is 185 g/mol. The molecule has 1 fully saturated rings. The van der Waals surface area contributed by atoms with Gasteiger partial charge < -0.3 is 16.4 Å². The maximum absolute atomic E-state index is 11.2. The molecule has 0 aliphatic carbocycles. The Morgan fingerprint density at radius 3 is 2.69 bits per heavy atom. The van der Waals surface area contributed by atoms with Crippen LogP contribution in [0.4, 0.5) is 0 Å². The Balaban J connectivity index is 2.51. The number of nitrogens with zero attached hydrogens (tertiary/aromatic N) is 1. The topological polar surface area (TPSA) is 89.4 Å². The van der Waals surface area contributed by atoms with Crippen molar-refractivity contribution in [1.29, 1.82) is 0 Å². The first kappa shape index (κ1) is 9.98. The minimum atomic E-state index is -0.877. The zero-order chi connectivity index (χ0) is 9.84. The normalized spacial score (nSPS) is 22.8. The van der Waals surface area contributed by atoms with Crippen molar-refractivity contribution < 1.29 is 9.59 Å². The average Bonchev–Trinajstić information content (AvgIpc) is 2.16. The van der Waals surface area contributed by atoms with E-state index in [9.17, 15) is 9.59 Å². The molecule has 5 nitrogen and oxygen atoms in total. The molecule has 0 saturated carbocycles. The van der Waals surface area contributed by atoms with Crippen LogP contribution in [0.2, 0.25) is 0 Å². The number of rotatable bonds is 1. The highest BCUT2D eigenvalue weighted by molar-refractivity contribution is 6.34. The molecule has 1 heterocycles. The van der Waals surface area contributed by atoms with Gasteiger partial charge >= 0.3 is 11.8 Å². The van der Waals surface area contributed by atoms with E-state index in [1.54, 1.807) is 0 Å².